The predicted molar refractivity (Wildman–Crippen MR) is 69.1 cm³/mol. The number of hydrogen-bond acceptors (Lipinski definition) is 3. The van der Waals surface area contributed by atoms with E-state index < -0.39 is 23.6 Å². The molecule has 0 aliphatic carbocycles. The van der Waals surface area contributed by atoms with E-state index in [9.17, 15) is 17.6 Å². The lowest BCUT2D eigenvalue weighted by Crippen LogP contribution is -2.21. The molecule has 1 aromatic heterocycles. The van der Waals surface area contributed by atoms with E-state index >= 15 is 0 Å². The molecule has 7 heteroatoms. The van der Waals surface area contributed by atoms with Crippen LogP contribution in [0.25, 0.3) is 0 Å². The Bertz CT molecular complexity index is 623. The summed E-state index contributed by atoms with van der Waals surface area (Å²) in [5, 5.41) is 2.87. The van der Waals surface area contributed by atoms with Crippen molar-refractivity contribution >= 4 is 0 Å². The summed E-state index contributed by atoms with van der Waals surface area (Å²) >= 11 is 0. The molecule has 1 aromatic carbocycles. The Kier molecular flexibility index (Phi) is 4.22. The number of nitrogens with one attached hydrogen (secondary N) is 1. The van der Waals surface area contributed by atoms with Crippen molar-refractivity contribution in [1.29, 1.82) is 0 Å². The van der Waals surface area contributed by atoms with Crippen LogP contribution in [0.5, 0.6) is 0 Å². The normalized spacial score (nSPS) is 13.2. The fourth-order valence-corrected chi connectivity index (χ4v) is 1.94. The molecular formula is C14H13F4N3. The van der Waals surface area contributed by atoms with E-state index in [0.717, 1.165) is 17.7 Å². The molecule has 0 fully saturated rings. The maximum atomic E-state index is 13.6. The summed E-state index contributed by atoms with van der Waals surface area (Å²) in [5.74, 6) is -0.949. The predicted octanol–water partition coefficient (Wildman–Crippen LogP) is 3.25. The zero-order valence-corrected chi connectivity index (χ0v) is 11.4. The average molecular weight is 299 g/mol. The number of alkyl halides is 3. The maximum Gasteiger partial charge on any atom is 0.419 e. The van der Waals surface area contributed by atoms with Crippen LogP contribution < -0.4 is 5.32 Å². The van der Waals surface area contributed by atoms with Gasteiger partial charge in [0.05, 0.1) is 11.6 Å². The zero-order valence-electron chi connectivity index (χ0n) is 11.4. The van der Waals surface area contributed by atoms with E-state index in [-0.39, 0.29) is 0 Å². The second-order valence-electron chi connectivity index (χ2n) is 4.58. The lowest BCUT2D eigenvalue weighted by molar-refractivity contribution is -0.140. The number of hydrogen-bond donors (Lipinski definition) is 1. The molecule has 0 spiro atoms. The Hall–Kier alpha value is -2.02. The molecule has 21 heavy (non-hydrogen) atoms. The molecule has 0 saturated heterocycles. The minimum absolute atomic E-state index is 0.326. The molecule has 2 rings (SSSR count). The van der Waals surface area contributed by atoms with Crippen LogP contribution in [0.1, 0.15) is 28.6 Å². The van der Waals surface area contributed by atoms with Crippen LogP contribution >= 0.6 is 0 Å². The molecule has 0 radical (unpaired) electrons. The average Bonchev–Trinajstić information content (AvgIpc) is 2.40. The summed E-state index contributed by atoms with van der Waals surface area (Å²) in [6.07, 6.45) is -1.53. The van der Waals surface area contributed by atoms with Gasteiger partial charge in [0.15, 0.2) is 0 Å². The van der Waals surface area contributed by atoms with Gasteiger partial charge in [-0.05, 0) is 37.2 Å². The van der Waals surface area contributed by atoms with E-state index in [2.05, 4.69) is 15.3 Å². The van der Waals surface area contributed by atoms with Crippen molar-refractivity contribution < 1.29 is 17.6 Å². The Labute approximate surface area is 119 Å². The quantitative estimate of drug-likeness (QED) is 0.884. The van der Waals surface area contributed by atoms with Crippen molar-refractivity contribution in [3.63, 3.8) is 0 Å². The molecular weight excluding hydrogens is 286 g/mol. The number of aromatic nitrogens is 2. The first-order valence-corrected chi connectivity index (χ1v) is 6.15. The summed E-state index contributed by atoms with van der Waals surface area (Å²) in [5.41, 5.74) is -0.106. The molecule has 0 amide bonds. The van der Waals surface area contributed by atoms with E-state index in [1.54, 1.807) is 19.4 Å². The van der Waals surface area contributed by atoms with Crippen LogP contribution in [-0.4, -0.2) is 17.0 Å². The van der Waals surface area contributed by atoms with E-state index in [1.165, 1.54) is 6.07 Å². The lowest BCUT2D eigenvalue weighted by atomic mass is 10.0. The van der Waals surface area contributed by atoms with Crippen molar-refractivity contribution in [2.24, 2.45) is 0 Å². The van der Waals surface area contributed by atoms with Gasteiger partial charge in [-0.2, -0.15) is 13.2 Å². The number of aryl methyl sites for hydroxylation is 1. The first-order chi connectivity index (χ1) is 9.82. The second kappa shape index (κ2) is 5.77. The van der Waals surface area contributed by atoms with Crippen LogP contribution in [0.4, 0.5) is 17.6 Å². The number of nitrogens with zero attached hydrogens (tertiary/aromatic N) is 2. The molecule has 0 bridgehead atoms. The van der Waals surface area contributed by atoms with Crippen molar-refractivity contribution in [3.05, 3.63) is 58.9 Å². The van der Waals surface area contributed by atoms with Crippen molar-refractivity contribution in [1.82, 2.24) is 15.3 Å². The Morgan fingerprint density at radius 1 is 1.14 bits per heavy atom. The first-order valence-electron chi connectivity index (χ1n) is 6.15. The van der Waals surface area contributed by atoms with Crippen molar-refractivity contribution in [3.8, 4) is 0 Å². The second-order valence-corrected chi connectivity index (χ2v) is 4.58. The largest absolute Gasteiger partial charge is 0.419 e. The standard InChI is InChI=1S/C14H13F4N3/c1-8-6-20-13(21-7-8)12(19-2)9-3-4-10(11(15)5-9)14(16,17)18/h3-7,12,19H,1-2H3. The molecule has 1 unspecified atom stereocenters. The van der Waals surface area contributed by atoms with Gasteiger partial charge < -0.3 is 5.32 Å². The Balaban J connectivity index is 2.40. The minimum atomic E-state index is -4.71. The van der Waals surface area contributed by atoms with Crippen LogP contribution in [0.2, 0.25) is 0 Å². The van der Waals surface area contributed by atoms with Crippen LogP contribution in [0.3, 0.4) is 0 Å². The highest BCUT2D eigenvalue weighted by Crippen LogP contribution is 2.32. The minimum Gasteiger partial charge on any atom is -0.307 e. The summed E-state index contributed by atoms with van der Waals surface area (Å²) in [7, 11) is 1.60. The summed E-state index contributed by atoms with van der Waals surface area (Å²) in [6.45, 7) is 1.82. The zero-order chi connectivity index (χ0) is 15.6. The van der Waals surface area contributed by atoms with Gasteiger partial charge in [0.2, 0.25) is 0 Å². The molecule has 2 aromatic rings. The van der Waals surface area contributed by atoms with Gasteiger partial charge in [0, 0.05) is 12.4 Å². The van der Waals surface area contributed by atoms with Crippen LogP contribution in [-0.2, 0) is 6.18 Å². The van der Waals surface area contributed by atoms with E-state index in [0.29, 0.717) is 11.4 Å². The molecule has 0 aliphatic rings. The fourth-order valence-electron chi connectivity index (χ4n) is 1.94. The van der Waals surface area contributed by atoms with Crippen molar-refractivity contribution in [2.75, 3.05) is 7.05 Å². The first kappa shape index (κ1) is 15.4. The van der Waals surface area contributed by atoms with Crippen LogP contribution in [0.15, 0.2) is 30.6 Å². The highest BCUT2D eigenvalue weighted by molar-refractivity contribution is 5.31. The highest BCUT2D eigenvalue weighted by Gasteiger charge is 2.34. The third-order valence-corrected chi connectivity index (χ3v) is 2.98. The molecule has 3 nitrogen and oxygen atoms in total. The van der Waals surface area contributed by atoms with Crippen molar-refractivity contribution in [2.45, 2.75) is 19.1 Å². The van der Waals surface area contributed by atoms with Gasteiger partial charge in [0.25, 0.3) is 0 Å². The summed E-state index contributed by atoms with van der Waals surface area (Å²) < 4.78 is 51.3. The SMILES string of the molecule is CNC(c1ccc(C(F)(F)F)c(F)c1)c1ncc(C)cn1. The fraction of sp³-hybridized carbons (Fsp3) is 0.286. The monoisotopic (exact) mass is 299 g/mol. The Morgan fingerprint density at radius 3 is 2.24 bits per heavy atom. The van der Waals surface area contributed by atoms with Gasteiger partial charge in [-0.25, -0.2) is 14.4 Å². The molecule has 0 aliphatic heterocycles. The number of halogens is 4. The maximum absolute atomic E-state index is 13.6. The number of rotatable bonds is 3. The summed E-state index contributed by atoms with van der Waals surface area (Å²) in [6, 6.07) is 2.22. The molecule has 0 saturated carbocycles. The van der Waals surface area contributed by atoms with Gasteiger partial charge >= 0.3 is 6.18 Å². The molecule has 1 atom stereocenters. The molecule has 1 heterocycles. The Morgan fingerprint density at radius 2 is 1.76 bits per heavy atom. The third kappa shape index (κ3) is 3.36. The van der Waals surface area contributed by atoms with Crippen LogP contribution in [0, 0.1) is 12.7 Å². The van der Waals surface area contributed by atoms with Gasteiger partial charge in [0.1, 0.15) is 11.6 Å². The third-order valence-electron chi connectivity index (χ3n) is 2.98. The highest BCUT2D eigenvalue weighted by atomic mass is 19.4. The van der Waals surface area contributed by atoms with Gasteiger partial charge in [-0.3, -0.25) is 0 Å². The topological polar surface area (TPSA) is 37.8 Å². The lowest BCUT2D eigenvalue weighted by Gasteiger charge is -2.17. The number of benzene rings is 1. The molecule has 1 N–H and O–H groups in total. The summed E-state index contributed by atoms with van der Waals surface area (Å²) in [4.78, 5) is 8.22. The van der Waals surface area contributed by atoms with Gasteiger partial charge in [-0.1, -0.05) is 6.07 Å². The van der Waals surface area contributed by atoms with E-state index in [1.807, 2.05) is 6.92 Å². The smallest absolute Gasteiger partial charge is 0.307 e. The molecule has 112 valence electrons. The van der Waals surface area contributed by atoms with Gasteiger partial charge in [-0.15, -0.1) is 0 Å². The van der Waals surface area contributed by atoms with E-state index in [4.69, 9.17) is 0 Å².